The molecule has 0 saturated heterocycles. The summed E-state index contributed by atoms with van der Waals surface area (Å²) in [5.74, 6) is 0.0911. The van der Waals surface area contributed by atoms with Crippen molar-refractivity contribution in [2.75, 3.05) is 0 Å². The molecule has 24 heavy (non-hydrogen) atoms. The summed E-state index contributed by atoms with van der Waals surface area (Å²) in [4.78, 5) is 18.1. The summed E-state index contributed by atoms with van der Waals surface area (Å²) in [6, 6.07) is 11.1. The number of aromatic nitrogens is 2. The van der Waals surface area contributed by atoms with Crippen molar-refractivity contribution in [1.82, 2.24) is 10.1 Å². The van der Waals surface area contributed by atoms with E-state index >= 15 is 0 Å². The van der Waals surface area contributed by atoms with Crippen molar-refractivity contribution < 1.29 is 14.1 Å². The van der Waals surface area contributed by atoms with Crippen LogP contribution in [0.3, 0.4) is 0 Å². The van der Waals surface area contributed by atoms with Crippen LogP contribution in [-0.2, 0) is 16.1 Å². The van der Waals surface area contributed by atoms with Crippen molar-refractivity contribution in [2.45, 2.75) is 13.5 Å². The molecule has 3 rings (SSSR count). The van der Waals surface area contributed by atoms with Gasteiger partial charge >= 0.3 is 5.97 Å². The predicted molar refractivity (Wildman–Crippen MR) is 92.6 cm³/mol. The molecule has 1 aromatic carbocycles. The molecule has 2 heterocycles. The second-order valence-electron chi connectivity index (χ2n) is 4.88. The van der Waals surface area contributed by atoms with E-state index in [-0.39, 0.29) is 12.5 Å². The standard InChI is InChI=1S/C17H13ClN2O3S/c1-11-6-7-12(24-11)8-9-16(21)22-10-15-19-17(20-23-15)13-4-2-3-5-14(13)18/h2-9H,10H2,1H3/b9-8+. The Morgan fingerprint density at radius 2 is 2.17 bits per heavy atom. The Hall–Kier alpha value is -2.44. The molecule has 0 saturated carbocycles. The minimum absolute atomic E-state index is 0.0932. The first kappa shape index (κ1) is 16.4. The number of hydrogen-bond donors (Lipinski definition) is 0. The van der Waals surface area contributed by atoms with Crippen LogP contribution in [0.25, 0.3) is 17.5 Å². The molecule has 0 amide bonds. The average Bonchev–Trinajstić information content (AvgIpc) is 3.20. The molecule has 2 aromatic heterocycles. The van der Waals surface area contributed by atoms with Gasteiger partial charge in [0.1, 0.15) is 0 Å². The first-order chi connectivity index (χ1) is 11.6. The molecule has 3 aromatic rings. The third kappa shape index (κ3) is 4.10. The monoisotopic (exact) mass is 360 g/mol. The summed E-state index contributed by atoms with van der Waals surface area (Å²) in [6.45, 7) is 1.91. The molecule has 0 fully saturated rings. The number of rotatable bonds is 5. The van der Waals surface area contributed by atoms with Crippen molar-refractivity contribution >= 4 is 35.0 Å². The van der Waals surface area contributed by atoms with Crippen LogP contribution in [0.1, 0.15) is 15.6 Å². The highest BCUT2D eigenvalue weighted by Gasteiger charge is 2.12. The van der Waals surface area contributed by atoms with Gasteiger partial charge in [0.05, 0.1) is 5.02 Å². The van der Waals surface area contributed by atoms with Gasteiger partial charge in [-0.25, -0.2) is 4.79 Å². The fraction of sp³-hybridized carbons (Fsp3) is 0.118. The van der Waals surface area contributed by atoms with Crippen molar-refractivity contribution in [3.05, 3.63) is 63.1 Å². The van der Waals surface area contributed by atoms with Gasteiger partial charge in [-0.05, 0) is 37.3 Å². The van der Waals surface area contributed by atoms with Crippen LogP contribution in [0, 0.1) is 6.92 Å². The highest BCUT2D eigenvalue weighted by Crippen LogP contribution is 2.25. The molecular weight excluding hydrogens is 348 g/mol. The minimum atomic E-state index is -0.474. The van der Waals surface area contributed by atoms with Gasteiger partial charge in [0.2, 0.25) is 5.82 Å². The number of hydrogen-bond acceptors (Lipinski definition) is 6. The van der Waals surface area contributed by atoms with Gasteiger partial charge < -0.3 is 9.26 Å². The number of esters is 1. The number of aryl methyl sites for hydroxylation is 1. The Labute approximate surface area is 147 Å². The summed E-state index contributed by atoms with van der Waals surface area (Å²) in [5.41, 5.74) is 0.661. The lowest BCUT2D eigenvalue weighted by Crippen LogP contribution is -2.00. The Kier molecular flexibility index (Phi) is 5.08. The highest BCUT2D eigenvalue weighted by atomic mass is 35.5. The van der Waals surface area contributed by atoms with E-state index in [1.807, 2.05) is 31.2 Å². The summed E-state index contributed by atoms with van der Waals surface area (Å²) in [7, 11) is 0. The summed E-state index contributed by atoms with van der Waals surface area (Å²) >= 11 is 7.68. The molecule has 122 valence electrons. The van der Waals surface area contributed by atoms with Crippen molar-refractivity contribution in [3.63, 3.8) is 0 Å². The van der Waals surface area contributed by atoms with E-state index in [9.17, 15) is 4.79 Å². The number of ether oxygens (including phenoxy) is 1. The lowest BCUT2D eigenvalue weighted by Gasteiger charge is -1.97. The number of carbonyl (C=O) groups excluding carboxylic acids is 1. The van der Waals surface area contributed by atoms with Crippen LogP contribution in [0.4, 0.5) is 0 Å². The zero-order valence-electron chi connectivity index (χ0n) is 12.7. The van der Waals surface area contributed by atoms with E-state index in [0.29, 0.717) is 16.4 Å². The Morgan fingerprint density at radius 3 is 2.92 bits per heavy atom. The third-order valence-corrected chi connectivity index (χ3v) is 4.36. The van der Waals surface area contributed by atoms with E-state index in [4.69, 9.17) is 20.9 Å². The molecular formula is C17H13ClN2O3S. The molecule has 0 unspecified atom stereocenters. The topological polar surface area (TPSA) is 65.2 Å². The first-order valence-corrected chi connectivity index (χ1v) is 8.30. The Bertz CT molecular complexity index is 885. The van der Waals surface area contributed by atoms with Gasteiger partial charge in [-0.2, -0.15) is 4.98 Å². The number of thiophene rings is 1. The molecule has 0 atom stereocenters. The Balaban J connectivity index is 1.58. The molecule has 0 aliphatic carbocycles. The lowest BCUT2D eigenvalue weighted by atomic mass is 10.2. The van der Waals surface area contributed by atoms with Crippen LogP contribution in [0.15, 0.2) is 47.0 Å². The summed E-state index contributed by atoms with van der Waals surface area (Å²) < 4.78 is 10.2. The smallest absolute Gasteiger partial charge is 0.331 e. The largest absolute Gasteiger partial charge is 0.452 e. The molecule has 0 bridgehead atoms. The van der Waals surface area contributed by atoms with Crippen molar-refractivity contribution in [1.29, 1.82) is 0 Å². The maximum absolute atomic E-state index is 11.7. The van der Waals surface area contributed by atoms with Gasteiger partial charge in [0.15, 0.2) is 6.61 Å². The molecule has 0 spiro atoms. The fourth-order valence-corrected chi connectivity index (χ4v) is 2.94. The molecule has 0 radical (unpaired) electrons. The van der Waals surface area contributed by atoms with E-state index in [0.717, 1.165) is 4.88 Å². The number of carbonyl (C=O) groups is 1. The molecule has 7 heteroatoms. The highest BCUT2D eigenvalue weighted by molar-refractivity contribution is 7.12. The number of halogens is 1. The van der Waals surface area contributed by atoms with Gasteiger partial charge in [-0.3, -0.25) is 0 Å². The second-order valence-corrected chi connectivity index (χ2v) is 6.61. The quantitative estimate of drug-likeness (QED) is 0.494. The fourth-order valence-electron chi connectivity index (χ4n) is 1.94. The lowest BCUT2D eigenvalue weighted by molar-refractivity contribution is -0.139. The van der Waals surface area contributed by atoms with Crippen molar-refractivity contribution in [2.24, 2.45) is 0 Å². The first-order valence-electron chi connectivity index (χ1n) is 7.10. The summed E-state index contributed by atoms with van der Waals surface area (Å²) in [5, 5.41) is 4.37. The zero-order chi connectivity index (χ0) is 16.9. The number of benzene rings is 1. The third-order valence-electron chi connectivity index (χ3n) is 3.07. The van der Waals surface area contributed by atoms with E-state index < -0.39 is 5.97 Å². The van der Waals surface area contributed by atoms with Crippen molar-refractivity contribution in [3.8, 4) is 11.4 Å². The molecule has 0 aliphatic heterocycles. The van der Waals surface area contributed by atoms with E-state index in [1.54, 1.807) is 29.5 Å². The van der Waals surface area contributed by atoms with Gasteiger partial charge in [-0.15, -0.1) is 11.3 Å². The van der Waals surface area contributed by atoms with Gasteiger partial charge in [0, 0.05) is 21.4 Å². The normalized spacial score (nSPS) is 11.1. The maximum atomic E-state index is 11.7. The number of nitrogens with zero attached hydrogens (tertiary/aromatic N) is 2. The van der Waals surface area contributed by atoms with Gasteiger partial charge in [0.25, 0.3) is 5.89 Å². The van der Waals surface area contributed by atoms with Crippen LogP contribution in [0.5, 0.6) is 0 Å². The maximum Gasteiger partial charge on any atom is 0.331 e. The van der Waals surface area contributed by atoms with Crippen LogP contribution in [-0.4, -0.2) is 16.1 Å². The average molecular weight is 361 g/mol. The van der Waals surface area contributed by atoms with E-state index in [2.05, 4.69) is 10.1 Å². The van der Waals surface area contributed by atoms with Crippen LogP contribution in [0.2, 0.25) is 5.02 Å². The predicted octanol–water partition coefficient (Wildman–Crippen LogP) is 4.52. The molecule has 5 nitrogen and oxygen atoms in total. The van der Waals surface area contributed by atoms with Crippen LogP contribution < -0.4 is 0 Å². The molecule has 0 N–H and O–H groups in total. The summed E-state index contributed by atoms with van der Waals surface area (Å²) in [6.07, 6.45) is 3.08. The van der Waals surface area contributed by atoms with E-state index in [1.165, 1.54) is 11.0 Å². The molecule has 0 aliphatic rings. The zero-order valence-corrected chi connectivity index (χ0v) is 14.3. The van der Waals surface area contributed by atoms with Crippen LogP contribution >= 0.6 is 22.9 Å². The van der Waals surface area contributed by atoms with Gasteiger partial charge in [-0.1, -0.05) is 28.9 Å². The SMILES string of the molecule is Cc1ccc(/C=C/C(=O)OCc2nc(-c3ccccc3Cl)no2)s1. The minimum Gasteiger partial charge on any atom is -0.452 e. The Morgan fingerprint density at radius 1 is 1.33 bits per heavy atom. The second kappa shape index (κ2) is 7.42.